The van der Waals surface area contributed by atoms with Crippen molar-refractivity contribution in [3.63, 3.8) is 0 Å². The van der Waals surface area contributed by atoms with Crippen LogP contribution in [0.4, 0.5) is 0 Å². The van der Waals surface area contributed by atoms with Crippen molar-refractivity contribution in [3.05, 3.63) is 29.8 Å². The molecule has 1 atom stereocenters. The highest BCUT2D eigenvalue weighted by Gasteiger charge is 2.17. The minimum atomic E-state index is -0.169. The smallest absolute Gasteiger partial charge is 0.119 e. The predicted molar refractivity (Wildman–Crippen MR) is 76.1 cm³/mol. The van der Waals surface area contributed by atoms with Crippen molar-refractivity contribution >= 4 is 0 Å². The number of benzene rings is 1. The Labute approximate surface area is 115 Å². The molecule has 4 nitrogen and oxygen atoms in total. The molecule has 1 aromatic carbocycles. The van der Waals surface area contributed by atoms with Gasteiger partial charge in [0, 0.05) is 13.1 Å². The fourth-order valence-electron chi connectivity index (χ4n) is 2.44. The molecule has 3 N–H and O–H groups in total. The number of hydrogen-bond acceptors (Lipinski definition) is 4. The van der Waals surface area contributed by atoms with Crippen LogP contribution in [0.5, 0.6) is 5.75 Å². The minimum Gasteiger partial charge on any atom is -0.494 e. The van der Waals surface area contributed by atoms with E-state index in [2.05, 4.69) is 17.0 Å². The number of nitrogens with two attached hydrogens (primary N) is 1. The first-order valence-corrected chi connectivity index (χ1v) is 7.10. The summed E-state index contributed by atoms with van der Waals surface area (Å²) in [6, 6.07) is 8.19. The number of ether oxygens (including phenoxy) is 1. The fourth-order valence-corrected chi connectivity index (χ4v) is 2.44. The average Bonchev–Trinajstić information content (AvgIpc) is 2.39. The third kappa shape index (κ3) is 4.82. The molecule has 1 heterocycles. The van der Waals surface area contributed by atoms with E-state index in [1.807, 2.05) is 12.1 Å². The normalized spacial score (nSPS) is 20.4. The lowest BCUT2D eigenvalue weighted by atomic mass is 10.1. The Balaban J connectivity index is 1.87. The molecule has 19 heavy (non-hydrogen) atoms. The van der Waals surface area contributed by atoms with Crippen LogP contribution >= 0.6 is 0 Å². The fraction of sp³-hybridized carbons (Fsp3) is 0.600. The molecule has 1 aromatic rings. The van der Waals surface area contributed by atoms with Crippen LogP contribution in [0.25, 0.3) is 0 Å². The average molecular weight is 264 g/mol. The molecule has 1 aliphatic heterocycles. The topological polar surface area (TPSA) is 58.7 Å². The van der Waals surface area contributed by atoms with Crippen LogP contribution in [0.1, 0.15) is 24.8 Å². The first kappa shape index (κ1) is 14.3. The number of hydrogen-bond donors (Lipinski definition) is 2. The number of rotatable bonds is 6. The number of piperidine rings is 1. The van der Waals surface area contributed by atoms with Crippen LogP contribution in [0.3, 0.4) is 0 Å². The summed E-state index contributed by atoms with van der Waals surface area (Å²) < 4.78 is 5.65. The van der Waals surface area contributed by atoms with Gasteiger partial charge in [-0.1, -0.05) is 12.1 Å². The second kappa shape index (κ2) is 7.48. The summed E-state index contributed by atoms with van der Waals surface area (Å²) >= 11 is 0. The molecule has 1 aliphatic rings. The minimum absolute atomic E-state index is 0.169. The zero-order valence-corrected chi connectivity index (χ0v) is 11.4. The Kier molecular flexibility index (Phi) is 5.63. The molecule has 0 aromatic heterocycles. The van der Waals surface area contributed by atoms with Crippen LogP contribution in [0.2, 0.25) is 0 Å². The van der Waals surface area contributed by atoms with Crippen LogP contribution in [-0.2, 0) is 6.54 Å². The molecule has 1 unspecified atom stereocenters. The van der Waals surface area contributed by atoms with E-state index >= 15 is 0 Å². The second-order valence-corrected chi connectivity index (χ2v) is 5.17. The molecular formula is C15H24N2O2. The first-order valence-electron chi connectivity index (χ1n) is 7.10. The van der Waals surface area contributed by atoms with Gasteiger partial charge >= 0.3 is 0 Å². The van der Waals surface area contributed by atoms with Gasteiger partial charge in [0.25, 0.3) is 0 Å². The van der Waals surface area contributed by atoms with Gasteiger partial charge in [0.2, 0.25) is 0 Å². The molecule has 2 rings (SSSR count). The van der Waals surface area contributed by atoms with Gasteiger partial charge in [0.15, 0.2) is 0 Å². The maximum Gasteiger partial charge on any atom is 0.119 e. The van der Waals surface area contributed by atoms with Gasteiger partial charge in [0.1, 0.15) is 5.75 Å². The van der Waals surface area contributed by atoms with Gasteiger partial charge in [-0.2, -0.15) is 0 Å². The van der Waals surface area contributed by atoms with Gasteiger partial charge in [0.05, 0.1) is 12.7 Å². The standard InChI is InChI=1S/C15H24N2O2/c16-7-3-9-19-15-6-1-4-13(10-15)11-17-8-2-5-14(18)12-17/h1,4,6,10,14,18H,2-3,5,7-9,11-12,16H2. The summed E-state index contributed by atoms with van der Waals surface area (Å²) in [4.78, 5) is 2.30. The highest BCUT2D eigenvalue weighted by molar-refractivity contribution is 5.28. The number of likely N-dealkylation sites (tertiary alicyclic amines) is 1. The van der Waals surface area contributed by atoms with Crippen molar-refractivity contribution in [3.8, 4) is 5.75 Å². The molecule has 0 radical (unpaired) electrons. The SMILES string of the molecule is NCCCOc1cccc(CN2CCCC(O)C2)c1. The van der Waals surface area contributed by atoms with Crippen molar-refractivity contribution in [1.29, 1.82) is 0 Å². The van der Waals surface area contributed by atoms with E-state index in [1.165, 1.54) is 5.56 Å². The van der Waals surface area contributed by atoms with Gasteiger partial charge in [-0.25, -0.2) is 0 Å². The summed E-state index contributed by atoms with van der Waals surface area (Å²) in [6.07, 6.45) is 2.72. The molecule has 106 valence electrons. The van der Waals surface area contributed by atoms with Gasteiger partial charge in [-0.15, -0.1) is 0 Å². The molecule has 0 aliphatic carbocycles. The highest BCUT2D eigenvalue weighted by atomic mass is 16.5. The summed E-state index contributed by atoms with van der Waals surface area (Å²) in [7, 11) is 0. The monoisotopic (exact) mass is 264 g/mol. The number of nitrogens with zero attached hydrogens (tertiary/aromatic N) is 1. The Hall–Kier alpha value is -1.10. The highest BCUT2D eigenvalue weighted by Crippen LogP contribution is 2.17. The first-order chi connectivity index (χ1) is 9.28. The molecule has 1 fully saturated rings. The van der Waals surface area contributed by atoms with Gasteiger partial charge in [-0.05, 0) is 50.0 Å². The summed E-state index contributed by atoms with van der Waals surface area (Å²) in [5.74, 6) is 0.906. The molecular weight excluding hydrogens is 240 g/mol. The quantitative estimate of drug-likeness (QED) is 0.762. The van der Waals surface area contributed by atoms with Crippen molar-refractivity contribution in [1.82, 2.24) is 4.90 Å². The molecule has 0 saturated carbocycles. The summed E-state index contributed by atoms with van der Waals surface area (Å²) in [5.41, 5.74) is 6.68. The van der Waals surface area contributed by atoms with Crippen molar-refractivity contribution in [2.45, 2.75) is 31.9 Å². The third-order valence-electron chi connectivity index (χ3n) is 3.40. The Morgan fingerprint density at radius 1 is 1.42 bits per heavy atom. The van der Waals surface area contributed by atoms with Gasteiger partial charge in [-0.3, -0.25) is 4.90 Å². The summed E-state index contributed by atoms with van der Waals surface area (Å²) in [6.45, 7) is 4.05. The van der Waals surface area contributed by atoms with Crippen LogP contribution in [0, 0.1) is 0 Å². The lowest BCUT2D eigenvalue weighted by Gasteiger charge is -2.30. The molecule has 1 saturated heterocycles. The second-order valence-electron chi connectivity index (χ2n) is 5.17. The number of aliphatic hydroxyl groups excluding tert-OH is 1. The van der Waals surface area contributed by atoms with E-state index in [1.54, 1.807) is 0 Å². The van der Waals surface area contributed by atoms with E-state index in [4.69, 9.17) is 10.5 Å². The molecule has 0 amide bonds. The third-order valence-corrected chi connectivity index (χ3v) is 3.40. The van der Waals surface area contributed by atoms with Crippen LogP contribution in [-0.4, -0.2) is 42.4 Å². The van der Waals surface area contributed by atoms with E-state index in [0.717, 1.165) is 44.6 Å². The zero-order chi connectivity index (χ0) is 13.5. The molecule has 0 spiro atoms. The Morgan fingerprint density at radius 3 is 3.11 bits per heavy atom. The van der Waals surface area contributed by atoms with Crippen LogP contribution < -0.4 is 10.5 Å². The number of aliphatic hydroxyl groups is 1. The molecule has 0 bridgehead atoms. The largest absolute Gasteiger partial charge is 0.494 e. The zero-order valence-electron chi connectivity index (χ0n) is 11.4. The van der Waals surface area contributed by atoms with Crippen molar-refractivity contribution < 1.29 is 9.84 Å². The van der Waals surface area contributed by atoms with E-state index in [0.29, 0.717) is 13.2 Å². The van der Waals surface area contributed by atoms with E-state index < -0.39 is 0 Å². The predicted octanol–water partition coefficient (Wildman–Crippen LogP) is 1.37. The Bertz CT molecular complexity index is 384. The van der Waals surface area contributed by atoms with Crippen molar-refractivity contribution in [2.75, 3.05) is 26.2 Å². The number of β-amino-alcohol motifs (C(OH)–C–C–N with tert-alkyl or cyclic N) is 1. The summed E-state index contributed by atoms with van der Waals surface area (Å²) in [5, 5.41) is 9.68. The Morgan fingerprint density at radius 2 is 2.32 bits per heavy atom. The molecule has 4 heteroatoms. The van der Waals surface area contributed by atoms with E-state index in [-0.39, 0.29) is 6.10 Å². The van der Waals surface area contributed by atoms with Gasteiger partial charge < -0.3 is 15.6 Å². The lowest BCUT2D eigenvalue weighted by molar-refractivity contribution is 0.0668. The van der Waals surface area contributed by atoms with E-state index in [9.17, 15) is 5.11 Å². The lowest BCUT2D eigenvalue weighted by Crippen LogP contribution is -2.37. The maximum atomic E-state index is 9.68. The van der Waals surface area contributed by atoms with Crippen molar-refractivity contribution in [2.24, 2.45) is 5.73 Å². The van der Waals surface area contributed by atoms with Crippen LogP contribution in [0.15, 0.2) is 24.3 Å². The maximum absolute atomic E-state index is 9.68.